The summed E-state index contributed by atoms with van der Waals surface area (Å²) in [6, 6.07) is 1.39. The molecule has 1 N–H and O–H groups in total. The molecule has 0 saturated carbocycles. The van der Waals surface area contributed by atoms with E-state index in [0.717, 1.165) is 12.8 Å². The van der Waals surface area contributed by atoms with E-state index in [4.69, 9.17) is 14.3 Å². The monoisotopic (exact) mass is 303 g/mol. The Labute approximate surface area is 119 Å². The number of piperidine rings is 1. The van der Waals surface area contributed by atoms with Crippen LogP contribution >= 0.6 is 0 Å². The van der Waals surface area contributed by atoms with E-state index in [-0.39, 0.29) is 17.3 Å². The molecule has 1 aliphatic heterocycles. The van der Waals surface area contributed by atoms with E-state index in [2.05, 4.69) is 0 Å². The van der Waals surface area contributed by atoms with E-state index in [0.29, 0.717) is 18.8 Å². The fraction of sp³-hybridized carbons (Fsp3) is 0.692. The Morgan fingerprint density at radius 2 is 2.25 bits per heavy atom. The van der Waals surface area contributed by atoms with Gasteiger partial charge in [0.05, 0.1) is 5.60 Å². The average Bonchev–Trinajstić information content (AvgIpc) is 2.81. The summed E-state index contributed by atoms with van der Waals surface area (Å²) in [5, 5.41) is 9.05. The lowest BCUT2D eigenvalue weighted by molar-refractivity contribution is -0.0319. The van der Waals surface area contributed by atoms with E-state index in [1.54, 1.807) is 14.0 Å². The minimum absolute atomic E-state index is 0.127. The average molecular weight is 303 g/mol. The summed E-state index contributed by atoms with van der Waals surface area (Å²) in [5.74, 6) is 0.561. The Hall–Kier alpha value is -0.890. The molecule has 1 fully saturated rings. The molecule has 1 aromatic rings. The first-order valence-corrected chi connectivity index (χ1v) is 8.02. The van der Waals surface area contributed by atoms with Crippen LogP contribution in [-0.2, 0) is 21.4 Å². The highest BCUT2D eigenvalue weighted by atomic mass is 32.2. The molecule has 1 unspecified atom stereocenters. The highest BCUT2D eigenvalue weighted by Gasteiger charge is 2.38. The molecule has 1 aliphatic rings. The molecule has 7 heteroatoms. The zero-order chi connectivity index (χ0) is 15.0. The van der Waals surface area contributed by atoms with Gasteiger partial charge in [0.2, 0.25) is 10.0 Å². The van der Waals surface area contributed by atoms with Crippen molar-refractivity contribution in [2.75, 3.05) is 20.2 Å². The minimum atomic E-state index is -3.61. The number of furan rings is 1. The highest BCUT2D eigenvalue weighted by Crippen LogP contribution is 2.30. The molecular formula is C13H21NO5S. The molecule has 0 aliphatic carbocycles. The van der Waals surface area contributed by atoms with Crippen LogP contribution in [0.4, 0.5) is 0 Å². The summed E-state index contributed by atoms with van der Waals surface area (Å²) in [6.45, 7) is 3.99. The summed E-state index contributed by atoms with van der Waals surface area (Å²) < 4.78 is 37.4. The number of methoxy groups -OCH3 is 1. The van der Waals surface area contributed by atoms with Crippen LogP contribution < -0.4 is 0 Å². The Kier molecular flexibility index (Phi) is 4.24. The molecule has 20 heavy (non-hydrogen) atoms. The maximum atomic E-state index is 12.7. The molecule has 1 saturated heterocycles. The summed E-state index contributed by atoms with van der Waals surface area (Å²) in [7, 11) is -2.01. The number of aliphatic hydroxyl groups is 1. The zero-order valence-electron chi connectivity index (χ0n) is 12.0. The molecule has 6 nitrogen and oxygen atoms in total. The Bertz CT molecular complexity index is 580. The number of aryl methyl sites for hydroxylation is 1. The van der Waals surface area contributed by atoms with Crippen LogP contribution in [0.5, 0.6) is 0 Å². The lowest BCUT2D eigenvalue weighted by Crippen LogP contribution is -2.49. The number of hydrogen-bond acceptors (Lipinski definition) is 5. The van der Waals surface area contributed by atoms with Crippen molar-refractivity contribution in [1.82, 2.24) is 4.31 Å². The quantitative estimate of drug-likeness (QED) is 0.906. The maximum Gasteiger partial charge on any atom is 0.246 e. The van der Waals surface area contributed by atoms with Gasteiger partial charge in [-0.1, -0.05) is 0 Å². The first-order chi connectivity index (χ1) is 9.32. The van der Waals surface area contributed by atoms with E-state index < -0.39 is 15.6 Å². The molecule has 0 radical (unpaired) electrons. The number of hydrogen-bond donors (Lipinski definition) is 1. The fourth-order valence-electron chi connectivity index (χ4n) is 2.53. The van der Waals surface area contributed by atoms with Gasteiger partial charge in [-0.25, -0.2) is 8.42 Å². The largest absolute Gasteiger partial charge is 0.462 e. The third-order valence-electron chi connectivity index (χ3n) is 3.81. The lowest BCUT2D eigenvalue weighted by Gasteiger charge is -2.38. The third kappa shape index (κ3) is 2.76. The molecule has 1 atom stereocenters. The molecule has 2 heterocycles. The number of rotatable bonds is 4. The standard InChI is InChI=1S/C13H21NO5S/c1-10-12(7-11(8-15)19-10)20(16,17)14-6-4-5-13(2,9-14)18-3/h7,15H,4-6,8-9H2,1-3H3. The van der Waals surface area contributed by atoms with Gasteiger partial charge in [0, 0.05) is 26.3 Å². The van der Waals surface area contributed by atoms with Crippen molar-refractivity contribution in [3.8, 4) is 0 Å². The van der Waals surface area contributed by atoms with Crippen LogP contribution in [0.2, 0.25) is 0 Å². The predicted octanol–water partition coefficient (Wildman–Crippen LogP) is 1.27. The second kappa shape index (κ2) is 5.48. The minimum Gasteiger partial charge on any atom is -0.462 e. The molecular weight excluding hydrogens is 282 g/mol. The van der Waals surface area contributed by atoms with Gasteiger partial charge in [0.15, 0.2) is 0 Å². The van der Waals surface area contributed by atoms with Crippen molar-refractivity contribution in [3.05, 3.63) is 17.6 Å². The van der Waals surface area contributed by atoms with Crippen molar-refractivity contribution in [2.45, 2.75) is 43.8 Å². The maximum absolute atomic E-state index is 12.7. The van der Waals surface area contributed by atoms with Gasteiger partial charge in [-0.05, 0) is 26.7 Å². The van der Waals surface area contributed by atoms with Crippen LogP contribution in [0, 0.1) is 6.92 Å². The van der Waals surface area contributed by atoms with E-state index >= 15 is 0 Å². The summed E-state index contributed by atoms with van der Waals surface area (Å²) >= 11 is 0. The van der Waals surface area contributed by atoms with E-state index in [9.17, 15) is 8.42 Å². The molecule has 0 spiro atoms. The van der Waals surface area contributed by atoms with Crippen molar-refractivity contribution >= 4 is 10.0 Å². The summed E-state index contributed by atoms with van der Waals surface area (Å²) in [6.07, 6.45) is 1.59. The zero-order valence-corrected chi connectivity index (χ0v) is 12.9. The first-order valence-electron chi connectivity index (χ1n) is 6.58. The second-order valence-corrected chi connectivity index (χ2v) is 7.29. The number of sulfonamides is 1. The normalized spacial score (nSPS) is 25.0. The summed E-state index contributed by atoms with van der Waals surface area (Å²) in [5.41, 5.74) is -0.456. The van der Waals surface area contributed by atoms with Crippen LogP contribution in [0.1, 0.15) is 31.3 Å². The Morgan fingerprint density at radius 3 is 2.80 bits per heavy atom. The third-order valence-corrected chi connectivity index (χ3v) is 5.77. The van der Waals surface area contributed by atoms with E-state index in [1.807, 2.05) is 6.92 Å². The predicted molar refractivity (Wildman–Crippen MR) is 72.8 cm³/mol. The Morgan fingerprint density at radius 1 is 1.55 bits per heavy atom. The van der Waals surface area contributed by atoms with Gasteiger partial charge in [-0.2, -0.15) is 4.31 Å². The summed E-state index contributed by atoms with van der Waals surface area (Å²) in [4.78, 5) is 0.127. The molecule has 0 amide bonds. The molecule has 2 rings (SSSR count). The lowest BCUT2D eigenvalue weighted by atomic mass is 9.96. The van der Waals surface area contributed by atoms with Crippen molar-refractivity contribution in [2.24, 2.45) is 0 Å². The van der Waals surface area contributed by atoms with Crippen molar-refractivity contribution in [1.29, 1.82) is 0 Å². The number of ether oxygens (including phenoxy) is 1. The van der Waals surface area contributed by atoms with Crippen molar-refractivity contribution in [3.63, 3.8) is 0 Å². The van der Waals surface area contributed by atoms with E-state index in [1.165, 1.54) is 10.4 Å². The number of nitrogens with zero attached hydrogens (tertiary/aromatic N) is 1. The molecule has 114 valence electrons. The van der Waals surface area contributed by atoms with Crippen LogP contribution in [0.15, 0.2) is 15.4 Å². The van der Waals surface area contributed by atoms with Gasteiger partial charge in [-0.3, -0.25) is 0 Å². The first kappa shape index (κ1) is 15.5. The number of aliphatic hydroxyl groups excluding tert-OH is 1. The topological polar surface area (TPSA) is 80.0 Å². The van der Waals surface area contributed by atoms with Gasteiger partial charge in [0.25, 0.3) is 0 Å². The van der Waals surface area contributed by atoms with Crippen LogP contribution in [0.3, 0.4) is 0 Å². The molecule has 0 bridgehead atoms. The molecule has 1 aromatic heterocycles. The van der Waals surface area contributed by atoms with Crippen molar-refractivity contribution < 1.29 is 22.7 Å². The van der Waals surface area contributed by atoms with Gasteiger partial charge >= 0.3 is 0 Å². The Balaban J connectivity index is 2.32. The van der Waals surface area contributed by atoms with Gasteiger partial charge in [-0.15, -0.1) is 0 Å². The van der Waals surface area contributed by atoms with Crippen LogP contribution in [-0.4, -0.2) is 43.6 Å². The van der Waals surface area contributed by atoms with Crippen LogP contribution in [0.25, 0.3) is 0 Å². The SMILES string of the molecule is COC1(C)CCCN(S(=O)(=O)c2cc(CO)oc2C)C1. The van der Waals surface area contributed by atoms with Gasteiger partial charge in [0.1, 0.15) is 23.0 Å². The van der Waals surface area contributed by atoms with Gasteiger partial charge < -0.3 is 14.3 Å². The second-order valence-electron chi connectivity index (χ2n) is 5.39. The molecule has 0 aromatic carbocycles. The highest BCUT2D eigenvalue weighted by molar-refractivity contribution is 7.89. The smallest absolute Gasteiger partial charge is 0.246 e. The fourth-order valence-corrected chi connectivity index (χ4v) is 4.31.